The van der Waals surface area contributed by atoms with Gasteiger partial charge >= 0.3 is 0 Å². The number of benzene rings is 3. The van der Waals surface area contributed by atoms with Gasteiger partial charge in [-0.05, 0) is 53.8 Å². The van der Waals surface area contributed by atoms with Crippen molar-refractivity contribution in [3.8, 4) is 17.2 Å². The average molecular weight is 420 g/mol. The molecule has 4 nitrogen and oxygen atoms in total. The van der Waals surface area contributed by atoms with Gasteiger partial charge < -0.3 is 19.5 Å². The van der Waals surface area contributed by atoms with E-state index < -0.39 is 0 Å². The molecule has 0 spiro atoms. The zero-order valence-corrected chi connectivity index (χ0v) is 18.8. The monoisotopic (exact) mass is 419 g/mol. The highest BCUT2D eigenvalue weighted by atomic mass is 16.5. The predicted molar refractivity (Wildman–Crippen MR) is 128 cm³/mol. The molecule has 1 N–H and O–H groups in total. The van der Waals surface area contributed by atoms with Crippen molar-refractivity contribution < 1.29 is 14.2 Å². The second kappa shape index (κ2) is 11.3. The van der Waals surface area contributed by atoms with Crippen LogP contribution in [-0.4, -0.2) is 26.4 Å². The number of nitrogens with one attached hydrogen (secondary N) is 1. The van der Waals surface area contributed by atoms with Gasteiger partial charge in [0.15, 0.2) is 0 Å². The van der Waals surface area contributed by atoms with Crippen molar-refractivity contribution in [2.75, 3.05) is 31.7 Å². The Morgan fingerprint density at radius 2 is 1.29 bits per heavy atom. The highest BCUT2D eigenvalue weighted by molar-refractivity contribution is 5.56. The van der Waals surface area contributed by atoms with E-state index in [9.17, 15) is 0 Å². The standard InChI is InChI=1S/C27H33NO3/c1-4-27(2,3)22-14-16-24(17-15-22)29-19-18-28-25-12-8-9-13-26(25)31-21-20-30-23-10-6-5-7-11-23/h5-17,28H,4,18-21H2,1-3H3. The molecular formula is C27H33NO3. The summed E-state index contributed by atoms with van der Waals surface area (Å²) >= 11 is 0. The summed E-state index contributed by atoms with van der Waals surface area (Å²) in [5, 5.41) is 3.40. The van der Waals surface area contributed by atoms with Gasteiger partial charge in [-0.25, -0.2) is 0 Å². The largest absolute Gasteiger partial charge is 0.492 e. The maximum absolute atomic E-state index is 5.90. The second-order valence-electron chi connectivity index (χ2n) is 8.04. The highest BCUT2D eigenvalue weighted by Gasteiger charge is 2.17. The fourth-order valence-electron chi connectivity index (χ4n) is 3.13. The molecule has 0 saturated heterocycles. The Kier molecular flexibility index (Phi) is 8.22. The van der Waals surface area contributed by atoms with Crippen LogP contribution in [0.15, 0.2) is 78.9 Å². The van der Waals surface area contributed by atoms with Gasteiger partial charge in [0, 0.05) is 6.54 Å². The van der Waals surface area contributed by atoms with E-state index in [0.29, 0.717) is 26.4 Å². The van der Waals surface area contributed by atoms with Crippen LogP contribution >= 0.6 is 0 Å². The van der Waals surface area contributed by atoms with Crippen molar-refractivity contribution in [3.63, 3.8) is 0 Å². The maximum Gasteiger partial charge on any atom is 0.142 e. The van der Waals surface area contributed by atoms with Crippen molar-refractivity contribution in [1.29, 1.82) is 0 Å². The fraction of sp³-hybridized carbons (Fsp3) is 0.333. The molecule has 0 amide bonds. The summed E-state index contributed by atoms with van der Waals surface area (Å²) in [6.07, 6.45) is 1.11. The Hall–Kier alpha value is -3.14. The van der Waals surface area contributed by atoms with Crippen LogP contribution in [0, 0.1) is 0 Å². The lowest BCUT2D eigenvalue weighted by Crippen LogP contribution is -2.15. The average Bonchev–Trinajstić information content (AvgIpc) is 2.81. The number of hydrogen-bond acceptors (Lipinski definition) is 4. The number of para-hydroxylation sites is 3. The Balaban J connectivity index is 1.41. The molecule has 0 aliphatic rings. The van der Waals surface area contributed by atoms with E-state index in [1.165, 1.54) is 5.56 Å². The summed E-state index contributed by atoms with van der Waals surface area (Å²) in [5.74, 6) is 2.55. The molecule has 3 aromatic rings. The Bertz CT molecular complexity index is 907. The van der Waals surface area contributed by atoms with Crippen molar-refractivity contribution >= 4 is 5.69 Å². The van der Waals surface area contributed by atoms with Crippen LogP contribution in [0.5, 0.6) is 17.2 Å². The Morgan fingerprint density at radius 1 is 0.677 bits per heavy atom. The van der Waals surface area contributed by atoms with E-state index in [4.69, 9.17) is 14.2 Å². The molecule has 3 rings (SSSR count). The zero-order chi connectivity index (χ0) is 21.9. The summed E-state index contributed by atoms with van der Waals surface area (Å²) in [5.41, 5.74) is 2.48. The second-order valence-corrected chi connectivity index (χ2v) is 8.04. The summed E-state index contributed by atoms with van der Waals surface area (Å²) in [4.78, 5) is 0. The van der Waals surface area contributed by atoms with E-state index in [0.717, 1.165) is 29.4 Å². The van der Waals surface area contributed by atoms with Crippen molar-refractivity contribution in [2.45, 2.75) is 32.6 Å². The summed E-state index contributed by atoms with van der Waals surface area (Å²) in [6, 6.07) is 26.1. The molecule has 4 heteroatoms. The predicted octanol–water partition coefficient (Wildman–Crippen LogP) is 6.32. The number of ether oxygens (including phenoxy) is 3. The van der Waals surface area contributed by atoms with E-state index in [1.54, 1.807) is 0 Å². The number of rotatable bonds is 12. The molecule has 0 bridgehead atoms. The van der Waals surface area contributed by atoms with Gasteiger partial charge in [-0.15, -0.1) is 0 Å². The normalized spacial score (nSPS) is 11.1. The van der Waals surface area contributed by atoms with Gasteiger partial charge in [0.2, 0.25) is 0 Å². The summed E-state index contributed by atoms with van der Waals surface area (Å²) in [6.45, 7) is 8.97. The van der Waals surface area contributed by atoms with Gasteiger partial charge in [0.05, 0.1) is 5.69 Å². The van der Waals surface area contributed by atoms with Crippen LogP contribution in [0.2, 0.25) is 0 Å². The van der Waals surface area contributed by atoms with E-state index >= 15 is 0 Å². The number of hydrogen-bond donors (Lipinski definition) is 1. The smallest absolute Gasteiger partial charge is 0.142 e. The van der Waals surface area contributed by atoms with E-state index in [-0.39, 0.29) is 5.41 Å². The first kappa shape index (κ1) is 22.5. The van der Waals surface area contributed by atoms with Crippen molar-refractivity contribution in [1.82, 2.24) is 0 Å². The van der Waals surface area contributed by atoms with Crippen molar-refractivity contribution in [2.24, 2.45) is 0 Å². The SMILES string of the molecule is CCC(C)(C)c1ccc(OCCNc2ccccc2OCCOc2ccccc2)cc1. The van der Waals surface area contributed by atoms with Crippen molar-refractivity contribution in [3.05, 3.63) is 84.4 Å². The van der Waals surface area contributed by atoms with Crippen LogP contribution in [0.25, 0.3) is 0 Å². The lowest BCUT2D eigenvalue weighted by molar-refractivity contribution is 0.217. The Morgan fingerprint density at radius 3 is 2.03 bits per heavy atom. The Labute approximate surface area is 186 Å². The molecule has 0 fully saturated rings. The maximum atomic E-state index is 5.90. The van der Waals surface area contributed by atoms with Crippen LogP contribution in [0.3, 0.4) is 0 Å². The van der Waals surface area contributed by atoms with Crippen LogP contribution in [0.4, 0.5) is 5.69 Å². The van der Waals surface area contributed by atoms with Gasteiger partial charge in [-0.2, -0.15) is 0 Å². The molecule has 0 saturated carbocycles. The lowest BCUT2D eigenvalue weighted by Gasteiger charge is -2.23. The van der Waals surface area contributed by atoms with E-state index in [2.05, 4.69) is 50.4 Å². The topological polar surface area (TPSA) is 39.7 Å². The minimum absolute atomic E-state index is 0.190. The first-order valence-electron chi connectivity index (χ1n) is 11.0. The lowest BCUT2D eigenvalue weighted by atomic mass is 9.82. The molecule has 0 atom stereocenters. The molecule has 0 radical (unpaired) electrons. The first-order chi connectivity index (χ1) is 15.1. The third-order valence-electron chi connectivity index (χ3n) is 5.45. The number of anilines is 1. The van der Waals surface area contributed by atoms with Crippen LogP contribution in [0.1, 0.15) is 32.8 Å². The molecule has 0 unspecified atom stereocenters. The summed E-state index contributed by atoms with van der Waals surface area (Å²) < 4.78 is 17.5. The van der Waals surface area contributed by atoms with Crippen LogP contribution < -0.4 is 19.5 Å². The molecule has 31 heavy (non-hydrogen) atoms. The van der Waals surface area contributed by atoms with Gasteiger partial charge in [0.1, 0.15) is 37.1 Å². The van der Waals surface area contributed by atoms with Gasteiger partial charge in [-0.1, -0.05) is 63.2 Å². The third-order valence-corrected chi connectivity index (χ3v) is 5.45. The van der Waals surface area contributed by atoms with Crippen LogP contribution in [-0.2, 0) is 5.41 Å². The fourth-order valence-corrected chi connectivity index (χ4v) is 3.13. The minimum Gasteiger partial charge on any atom is -0.492 e. The highest BCUT2D eigenvalue weighted by Crippen LogP contribution is 2.28. The molecule has 164 valence electrons. The quantitative estimate of drug-likeness (QED) is 0.349. The molecule has 3 aromatic carbocycles. The first-order valence-corrected chi connectivity index (χ1v) is 11.0. The molecule has 0 aromatic heterocycles. The molecular weight excluding hydrogens is 386 g/mol. The zero-order valence-electron chi connectivity index (χ0n) is 18.8. The third kappa shape index (κ3) is 6.95. The molecule has 0 aliphatic heterocycles. The molecule has 0 aliphatic carbocycles. The minimum atomic E-state index is 0.190. The van der Waals surface area contributed by atoms with E-state index in [1.807, 2.05) is 54.6 Å². The van der Waals surface area contributed by atoms with Gasteiger partial charge in [0.25, 0.3) is 0 Å². The summed E-state index contributed by atoms with van der Waals surface area (Å²) in [7, 11) is 0. The van der Waals surface area contributed by atoms with Gasteiger partial charge in [-0.3, -0.25) is 0 Å². The molecule has 0 heterocycles.